The molecule has 1 unspecified atom stereocenters. The van der Waals surface area contributed by atoms with Gasteiger partial charge in [0.2, 0.25) is 0 Å². The van der Waals surface area contributed by atoms with Gasteiger partial charge in [-0.2, -0.15) is 0 Å². The maximum atomic E-state index is 6.20. The Bertz CT molecular complexity index is 713. The van der Waals surface area contributed by atoms with Gasteiger partial charge in [-0.05, 0) is 46.1 Å². The smallest absolute Gasteiger partial charge is 0.399 e. The minimum absolute atomic E-state index is 0.0141. The van der Waals surface area contributed by atoms with Crippen molar-refractivity contribution in [2.75, 3.05) is 7.11 Å². The number of fused-ring (bicyclic) bond motifs is 1. The number of methoxy groups -OCH3 is 1. The fourth-order valence-electron chi connectivity index (χ4n) is 2.85. The van der Waals surface area contributed by atoms with E-state index in [0.29, 0.717) is 0 Å². The molecule has 0 amide bonds. The summed E-state index contributed by atoms with van der Waals surface area (Å²) in [6.45, 7) is 10.3. The third kappa shape index (κ3) is 2.67. The Hall–Kier alpha value is -1.43. The number of ether oxygens (including phenoxy) is 1. The largest absolute Gasteiger partial charge is 0.495 e. The third-order valence-electron chi connectivity index (χ3n) is 5.13. The van der Waals surface area contributed by atoms with Gasteiger partial charge in [0, 0.05) is 24.3 Å². The van der Waals surface area contributed by atoms with Crippen LogP contribution in [0.1, 0.15) is 46.3 Å². The number of nitrogens with zero attached hydrogens (tertiary/aromatic N) is 1. The molecule has 0 bridgehead atoms. The third-order valence-corrected chi connectivity index (χ3v) is 5.13. The maximum Gasteiger partial charge on any atom is 0.495 e. The first kappa shape index (κ1) is 16.4. The zero-order valence-electron chi connectivity index (χ0n) is 14.7. The summed E-state index contributed by atoms with van der Waals surface area (Å²) in [5.41, 5.74) is 2.31. The molecule has 1 aromatic heterocycles. The standard InChI is InChI=1S/C18H24BNO3/c1-12(21-6)13-9-10-15(14-8-7-11-20-16(13)14)19-22-17(2,3)18(4,5)23-19/h7-12H,1-6H3. The highest BCUT2D eigenvalue weighted by Crippen LogP contribution is 2.37. The Kier molecular flexibility index (Phi) is 3.99. The van der Waals surface area contributed by atoms with Crippen molar-refractivity contribution in [2.24, 2.45) is 0 Å². The molecule has 0 spiro atoms. The average Bonchev–Trinajstić information content (AvgIpc) is 2.73. The number of aromatic nitrogens is 1. The molecule has 2 heterocycles. The van der Waals surface area contributed by atoms with Crippen LogP contribution >= 0.6 is 0 Å². The van der Waals surface area contributed by atoms with E-state index in [1.165, 1.54) is 0 Å². The molecule has 0 N–H and O–H groups in total. The summed E-state index contributed by atoms with van der Waals surface area (Å²) in [6, 6.07) is 8.13. The van der Waals surface area contributed by atoms with Crippen LogP contribution in [0.2, 0.25) is 0 Å². The topological polar surface area (TPSA) is 40.6 Å². The van der Waals surface area contributed by atoms with Crippen LogP contribution in [0.15, 0.2) is 30.5 Å². The van der Waals surface area contributed by atoms with Crippen molar-refractivity contribution in [2.45, 2.75) is 51.9 Å². The van der Waals surface area contributed by atoms with Crippen LogP contribution in [0.5, 0.6) is 0 Å². The first-order chi connectivity index (χ1) is 10.8. The van der Waals surface area contributed by atoms with Gasteiger partial charge in [-0.1, -0.05) is 18.2 Å². The van der Waals surface area contributed by atoms with Crippen LogP contribution in [0.25, 0.3) is 10.9 Å². The molecular formula is C18H24BNO3. The zero-order valence-corrected chi connectivity index (χ0v) is 14.7. The molecule has 2 aromatic rings. The molecule has 1 aliphatic heterocycles. The second-order valence-electron chi connectivity index (χ2n) is 7.11. The maximum absolute atomic E-state index is 6.20. The Morgan fingerprint density at radius 3 is 2.35 bits per heavy atom. The lowest BCUT2D eigenvalue weighted by atomic mass is 9.76. The van der Waals surface area contributed by atoms with Crippen molar-refractivity contribution >= 4 is 23.5 Å². The van der Waals surface area contributed by atoms with Gasteiger partial charge in [0.1, 0.15) is 0 Å². The summed E-state index contributed by atoms with van der Waals surface area (Å²) in [6.07, 6.45) is 1.79. The molecule has 3 rings (SSSR count). The van der Waals surface area contributed by atoms with Gasteiger partial charge in [0.25, 0.3) is 0 Å². The monoisotopic (exact) mass is 313 g/mol. The molecule has 1 fully saturated rings. The second-order valence-corrected chi connectivity index (χ2v) is 7.11. The summed E-state index contributed by atoms with van der Waals surface area (Å²) in [4.78, 5) is 4.56. The quantitative estimate of drug-likeness (QED) is 0.816. The lowest BCUT2D eigenvalue weighted by molar-refractivity contribution is 0.00578. The Morgan fingerprint density at radius 2 is 1.74 bits per heavy atom. The van der Waals surface area contributed by atoms with Crippen LogP contribution in [0, 0.1) is 0 Å². The van der Waals surface area contributed by atoms with Crippen molar-refractivity contribution in [3.8, 4) is 0 Å². The number of hydrogen-bond donors (Lipinski definition) is 0. The molecule has 1 saturated heterocycles. The Labute approximate surface area is 138 Å². The van der Waals surface area contributed by atoms with Crippen molar-refractivity contribution in [1.82, 2.24) is 4.98 Å². The molecular weight excluding hydrogens is 289 g/mol. The number of pyridine rings is 1. The van der Waals surface area contributed by atoms with E-state index in [9.17, 15) is 0 Å². The normalized spacial score (nSPS) is 20.9. The molecule has 5 heteroatoms. The molecule has 1 aliphatic rings. The predicted molar refractivity (Wildman–Crippen MR) is 92.9 cm³/mol. The van der Waals surface area contributed by atoms with Gasteiger partial charge >= 0.3 is 7.12 Å². The first-order valence-electron chi connectivity index (χ1n) is 8.03. The summed E-state index contributed by atoms with van der Waals surface area (Å²) >= 11 is 0. The van der Waals surface area contributed by atoms with Crippen LogP contribution < -0.4 is 5.46 Å². The molecule has 1 atom stereocenters. The summed E-state index contributed by atoms with van der Waals surface area (Å²) in [5, 5.41) is 1.05. The van der Waals surface area contributed by atoms with Gasteiger partial charge in [-0.25, -0.2) is 0 Å². The summed E-state index contributed by atoms with van der Waals surface area (Å²) in [5.74, 6) is 0. The van der Waals surface area contributed by atoms with Gasteiger partial charge < -0.3 is 14.0 Å². The highest BCUT2D eigenvalue weighted by molar-refractivity contribution is 6.65. The number of hydrogen-bond acceptors (Lipinski definition) is 4. The van der Waals surface area contributed by atoms with Crippen molar-refractivity contribution < 1.29 is 14.0 Å². The fraction of sp³-hybridized carbons (Fsp3) is 0.500. The Balaban J connectivity index is 2.11. The van der Waals surface area contributed by atoms with E-state index in [-0.39, 0.29) is 17.3 Å². The van der Waals surface area contributed by atoms with Gasteiger partial charge in [-0.15, -0.1) is 0 Å². The predicted octanol–water partition coefficient (Wildman–Crippen LogP) is 3.24. The summed E-state index contributed by atoms with van der Waals surface area (Å²) < 4.78 is 17.9. The van der Waals surface area contributed by atoms with Crippen molar-refractivity contribution in [3.63, 3.8) is 0 Å². The van der Waals surface area contributed by atoms with Gasteiger partial charge in [0.05, 0.1) is 22.8 Å². The molecule has 23 heavy (non-hydrogen) atoms. The highest BCUT2D eigenvalue weighted by Gasteiger charge is 2.52. The molecule has 4 nitrogen and oxygen atoms in total. The molecule has 0 radical (unpaired) electrons. The second kappa shape index (κ2) is 5.58. The van der Waals surface area contributed by atoms with Crippen molar-refractivity contribution in [3.05, 3.63) is 36.0 Å². The van der Waals surface area contributed by atoms with Crippen LogP contribution in [0.4, 0.5) is 0 Å². The summed E-state index contributed by atoms with van der Waals surface area (Å²) in [7, 11) is 1.32. The first-order valence-corrected chi connectivity index (χ1v) is 8.03. The minimum Gasteiger partial charge on any atom is -0.399 e. The van der Waals surface area contributed by atoms with Crippen LogP contribution in [-0.4, -0.2) is 30.4 Å². The SMILES string of the molecule is COC(C)c1ccc(B2OC(C)(C)C(C)(C)O2)c2cccnc12. The minimum atomic E-state index is -0.390. The van der Waals surface area contributed by atoms with Gasteiger partial charge in [0.15, 0.2) is 0 Å². The van der Waals surface area contributed by atoms with E-state index in [0.717, 1.165) is 21.9 Å². The van der Waals surface area contributed by atoms with Crippen molar-refractivity contribution in [1.29, 1.82) is 0 Å². The van der Waals surface area contributed by atoms with E-state index in [1.54, 1.807) is 7.11 Å². The average molecular weight is 313 g/mol. The van der Waals surface area contributed by atoms with Crippen LogP contribution in [-0.2, 0) is 14.0 Å². The molecule has 122 valence electrons. The van der Waals surface area contributed by atoms with E-state index in [4.69, 9.17) is 14.0 Å². The van der Waals surface area contributed by atoms with Gasteiger partial charge in [-0.3, -0.25) is 4.98 Å². The van der Waals surface area contributed by atoms with E-state index in [2.05, 4.69) is 50.9 Å². The molecule has 1 aromatic carbocycles. The van der Waals surface area contributed by atoms with Crippen LogP contribution in [0.3, 0.4) is 0 Å². The number of rotatable bonds is 3. The lowest BCUT2D eigenvalue weighted by Gasteiger charge is -2.32. The van der Waals surface area contributed by atoms with E-state index >= 15 is 0 Å². The number of benzene rings is 1. The fourth-order valence-corrected chi connectivity index (χ4v) is 2.85. The van der Waals surface area contributed by atoms with E-state index < -0.39 is 7.12 Å². The zero-order chi connectivity index (χ0) is 16.8. The molecule has 0 saturated carbocycles. The van der Waals surface area contributed by atoms with E-state index in [1.807, 2.05) is 19.2 Å². The Morgan fingerprint density at radius 1 is 1.09 bits per heavy atom. The lowest BCUT2D eigenvalue weighted by Crippen LogP contribution is -2.41. The highest BCUT2D eigenvalue weighted by atomic mass is 16.7. The molecule has 0 aliphatic carbocycles.